The maximum Gasteiger partial charge on any atom is 0.191 e. The average Bonchev–Trinajstić information content (AvgIpc) is 2.61. The molecule has 0 saturated carbocycles. The van der Waals surface area contributed by atoms with Crippen LogP contribution < -0.4 is 15.4 Å². The van der Waals surface area contributed by atoms with Crippen LogP contribution in [0.1, 0.15) is 39.2 Å². The van der Waals surface area contributed by atoms with Crippen LogP contribution in [0.15, 0.2) is 23.2 Å². The van der Waals surface area contributed by atoms with Gasteiger partial charge in [0.05, 0.1) is 13.7 Å². The van der Waals surface area contributed by atoms with Crippen LogP contribution in [0.3, 0.4) is 0 Å². The Hall–Kier alpha value is -0.730. The van der Waals surface area contributed by atoms with Crippen LogP contribution in [0.25, 0.3) is 0 Å². The van der Waals surface area contributed by atoms with Gasteiger partial charge < -0.3 is 20.3 Å². The number of hydrogen-bond acceptors (Lipinski definition) is 3. The molecule has 0 bridgehead atoms. The number of piperidine rings is 1. The average molecular weight is 509 g/mol. The van der Waals surface area contributed by atoms with E-state index in [4.69, 9.17) is 21.3 Å². The van der Waals surface area contributed by atoms with Crippen molar-refractivity contribution in [3.05, 3.63) is 28.8 Å². The van der Waals surface area contributed by atoms with Crippen LogP contribution in [0.5, 0.6) is 5.75 Å². The number of rotatable bonds is 7. The second-order valence-electron chi connectivity index (χ2n) is 7.26. The highest BCUT2D eigenvalue weighted by Crippen LogP contribution is 2.23. The monoisotopic (exact) mass is 508 g/mol. The lowest BCUT2D eigenvalue weighted by Gasteiger charge is -2.34. The molecule has 7 heteroatoms. The van der Waals surface area contributed by atoms with Gasteiger partial charge >= 0.3 is 0 Å². The first-order chi connectivity index (χ1) is 12.5. The smallest absolute Gasteiger partial charge is 0.191 e. The normalized spacial score (nSPS) is 16.1. The van der Waals surface area contributed by atoms with E-state index in [1.807, 2.05) is 18.2 Å². The third-order valence-corrected chi connectivity index (χ3v) is 4.79. The minimum absolute atomic E-state index is 0. The largest absolute Gasteiger partial charge is 0.496 e. The van der Waals surface area contributed by atoms with E-state index in [9.17, 15) is 0 Å². The van der Waals surface area contributed by atoms with E-state index in [2.05, 4.69) is 36.3 Å². The Morgan fingerprint density at radius 3 is 2.63 bits per heavy atom. The molecule has 2 N–H and O–H groups in total. The van der Waals surface area contributed by atoms with Crippen molar-refractivity contribution in [2.24, 2.45) is 10.9 Å². The molecule has 0 aliphatic carbocycles. The van der Waals surface area contributed by atoms with Gasteiger partial charge in [0, 0.05) is 42.8 Å². The summed E-state index contributed by atoms with van der Waals surface area (Å²) in [7, 11) is 1.66. The number of benzene rings is 1. The van der Waals surface area contributed by atoms with Crippen LogP contribution in [-0.2, 0) is 6.54 Å². The van der Waals surface area contributed by atoms with E-state index in [0.717, 1.165) is 55.7 Å². The lowest BCUT2D eigenvalue weighted by atomic mass is 10.0. The number of methoxy groups -OCH3 is 1. The first-order valence-electron chi connectivity index (χ1n) is 9.61. The molecule has 27 heavy (non-hydrogen) atoms. The van der Waals surface area contributed by atoms with Gasteiger partial charge in [0.15, 0.2) is 5.96 Å². The topological polar surface area (TPSA) is 48.9 Å². The van der Waals surface area contributed by atoms with Gasteiger partial charge in [0.25, 0.3) is 0 Å². The van der Waals surface area contributed by atoms with Gasteiger partial charge in [-0.15, -0.1) is 24.0 Å². The number of halogens is 2. The standard InChI is InChI=1S/C20H33ClN4O.HI/c1-5-22-20(23-13-16-6-7-17(21)12-19(16)26-4)24-18-8-10-25(11-9-18)14-15(2)3;/h6-7,12,15,18H,5,8-11,13-14H2,1-4H3,(H2,22,23,24);1H. The first kappa shape index (κ1) is 24.3. The fourth-order valence-corrected chi connectivity index (χ4v) is 3.46. The van der Waals surface area contributed by atoms with E-state index < -0.39 is 0 Å². The van der Waals surface area contributed by atoms with Crippen molar-refractivity contribution in [2.45, 2.75) is 46.2 Å². The van der Waals surface area contributed by atoms with Gasteiger partial charge in [-0.25, -0.2) is 4.99 Å². The Kier molecular flexibility index (Phi) is 11.4. The third kappa shape index (κ3) is 8.44. The van der Waals surface area contributed by atoms with Gasteiger partial charge in [0.2, 0.25) is 0 Å². The number of hydrogen-bond donors (Lipinski definition) is 2. The minimum Gasteiger partial charge on any atom is -0.496 e. The molecule has 1 aromatic rings. The second-order valence-corrected chi connectivity index (χ2v) is 7.70. The van der Waals surface area contributed by atoms with Crippen molar-refractivity contribution in [3.8, 4) is 5.75 Å². The number of nitrogens with zero attached hydrogens (tertiary/aromatic N) is 2. The van der Waals surface area contributed by atoms with Crippen molar-refractivity contribution in [1.29, 1.82) is 0 Å². The van der Waals surface area contributed by atoms with E-state index >= 15 is 0 Å². The molecule has 0 radical (unpaired) electrons. The molecular formula is C20H34ClIN4O. The highest BCUT2D eigenvalue weighted by molar-refractivity contribution is 14.0. The Morgan fingerprint density at radius 1 is 1.33 bits per heavy atom. The number of guanidine groups is 1. The summed E-state index contributed by atoms with van der Waals surface area (Å²) in [6.45, 7) is 11.6. The van der Waals surface area contributed by atoms with Crippen molar-refractivity contribution in [1.82, 2.24) is 15.5 Å². The third-order valence-electron chi connectivity index (χ3n) is 4.55. The zero-order chi connectivity index (χ0) is 18.9. The molecule has 0 unspecified atom stereocenters. The molecule has 0 spiro atoms. The van der Waals surface area contributed by atoms with E-state index in [0.29, 0.717) is 17.6 Å². The summed E-state index contributed by atoms with van der Waals surface area (Å²) >= 11 is 6.04. The molecule has 5 nitrogen and oxygen atoms in total. The number of ether oxygens (including phenoxy) is 1. The Bertz CT molecular complexity index is 589. The van der Waals surface area contributed by atoms with Crippen LogP contribution in [0.2, 0.25) is 5.02 Å². The van der Waals surface area contributed by atoms with Gasteiger partial charge in [-0.05, 0) is 37.8 Å². The number of likely N-dealkylation sites (tertiary alicyclic amines) is 1. The predicted octanol–water partition coefficient (Wildman–Crippen LogP) is 4.14. The zero-order valence-corrected chi connectivity index (χ0v) is 20.0. The second kappa shape index (κ2) is 12.7. The van der Waals surface area contributed by atoms with Gasteiger partial charge in [0.1, 0.15) is 5.75 Å². The SMILES string of the molecule is CCNC(=NCc1ccc(Cl)cc1OC)NC1CCN(CC(C)C)CC1.I. The summed E-state index contributed by atoms with van der Waals surface area (Å²) in [6.07, 6.45) is 2.31. The summed E-state index contributed by atoms with van der Waals surface area (Å²) in [5.41, 5.74) is 1.03. The molecule has 154 valence electrons. The zero-order valence-electron chi connectivity index (χ0n) is 16.9. The highest BCUT2D eigenvalue weighted by atomic mass is 127. The van der Waals surface area contributed by atoms with Crippen molar-refractivity contribution in [3.63, 3.8) is 0 Å². The molecular weight excluding hydrogens is 475 g/mol. The van der Waals surface area contributed by atoms with E-state index in [1.165, 1.54) is 6.54 Å². The lowest BCUT2D eigenvalue weighted by Crippen LogP contribution is -2.49. The van der Waals surface area contributed by atoms with Gasteiger partial charge in [-0.3, -0.25) is 0 Å². The summed E-state index contributed by atoms with van der Waals surface area (Å²) in [5, 5.41) is 7.62. The molecule has 1 aliphatic rings. The minimum atomic E-state index is 0. The summed E-state index contributed by atoms with van der Waals surface area (Å²) in [6, 6.07) is 6.15. The van der Waals surface area contributed by atoms with Gasteiger partial charge in [-0.1, -0.05) is 31.5 Å². The summed E-state index contributed by atoms with van der Waals surface area (Å²) in [4.78, 5) is 7.30. The number of nitrogens with one attached hydrogen (secondary N) is 2. The molecule has 0 aromatic heterocycles. The molecule has 1 heterocycles. The van der Waals surface area contributed by atoms with Crippen LogP contribution >= 0.6 is 35.6 Å². The molecule has 2 rings (SSSR count). The van der Waals surface area contributed by atoms with Crippen LogP contribution in [0.4, 0.5) is 0 Å². The Balaban J connectivity index is 0.00000364. The lowest BCUT2D eigenvalue weighted by molar-refractivity contribution is 0.187. The maximum atomic E-state index is 6.04. The fourth-order valence-electron chi connectivity index (χ4n) is 3.30. The first-order valence-corrected chi connectivity index (χ1v) is 9.99. The molecule has 1 aromatic carbocycles. The van der Waals surface area contributed by atoms with Crippen molar-refractivity contribution >= 4 is 41.5 Å². The predicted molar refractivity (Wildman–Crippen MR) is 126 cm³/mol. The molecule has 1 saturated heterocycles. The van der Waals surface area contributed by atoms with E-state index in [1.54, 1.807) is 7.11 Å². The van der Waals surface area contributed by atoms with Crippen LogP contribution in [-0.4, -0.2) is 50.2 Å². The summed E-state index contributed by atoms with van der Waals surface area (Å²) < 4.78 is 5.41. The molecule has 0 amide bonds. The summed E-state index contributed by atoms with van der Waals surface area (Å²) in [5.74, 6) is 2.37. The van der Waals surface area contributed by atoms with E-state index in [-0.39, 0.29) is 24.0 Å². The fraction of sp³-hybridized carbons (Fsp3) is 0.650. The number of aliphatic imine (C=N–C) groups is 1. The van der Waals surface area contributed by atoms with Gasteiger partial charge in [-0.2, -0.15) is 0 Å². The Labute approximate surface area is 186 Å². The molecule has 1 fully saturated rings. The Morgan fingerprint density at radius 2 is 2.04 bits per heavy atom. The van der Waals surface area contributed by atoms with Crippen LogP contribution in [0, 0.1) is 5.92 Å². The van der Waals surface area contributed by atoms with Crippen molar-refractivity contribution < 1.29 is 4.74 Å². The van der Waals surface area contributed by atoms with Crippen molar-refractivity contribution in [2.75, 3.05) is 33.3 Å². The molecule has 1 aliphatic heterocycles. The quantitative estimate of drug-likeness (QED) is 0.330. The highest BCUT2D eigenvalue weighted by Gasteiger charge is 2.20. The molecule has 0 atom stereocenters. The maximum absolute atomic E-state index is 6.04.